The maximum atomic E-state index is 11.3. The summed E-state index contributed by atoms with van der Waals surface area (Å²) < 4.78 is 0. The number of nitrogens with zero attached hydrogens (tertiary/aromatic N) is 6. The Kier molecular flexibility index (Phi) is 11.0. The lowest BCUT2D eigenvalue weighted by Gasteiger charge is -2.12. The summed E-state index contributed by atoms with van der Waals surface area (Å²) in [6.07, 6.45) is 0. The summed E-state index contributed by atoms with van der Waals surface area (Å²) in [6, 6.07) is 92.1. The van der Waals surface area contributed by atoms with Crippen LogP contribution in [0, 0.1) is 45.3 Å². The third-order valence-electron chi connectivity index (χ3n) is 17.8. The highest BCUT2D eigenvalue weighted by atomic mass is 14.8. The van der Waals surface area contributed by atoms with Crippen molar-refractivity contribution in [2.24, 2.45) is 0 Å². The fraction of sp³-hybridized carbons (Fsp3) is 0. The molecular weight excluding hydrogens is 1070 g/mol. The molecule has 0 radical (unpaired) electrons. The molecule has 0 saturated heterocycles. The van der Waals surface area contributed by atoms with Crippen LogP contribution in [0.15, 0.2) is 243 Å². The number of rotatable bonds is 4. The molecule has 0 amide bonds. The van der Waals surface area contributed by atoms with Gasteiger partial charge in [-0.25, -0.2) is 9.97 Å². The Labute approximate surface area is 503 Å². The molecule has 0 saturated carbocycles. The number of benzene rings is 12. The summed E-state index contributed by atoms with van der Waals surface area (Å²) in [6.45, 7) is 0. The van der Waals surface area contributed by atoms with E-state index in [2.05, 4.69) is 131 Å². The van der Waals surface area contributed by atoms with E-state index in [-0.39, 0.29) is 0 Å². The van der Waals surface area contributed by atoms with Gasteiger partial charge in [-0.15, -0.1) is 0 Å². The normalized spacial score (nSPS) is 11.6. The van der Waals surface area contributed by atoms with Crippen molar-refractivity contribution in [2.75, 3.05) is 0 Å². The van der Waals surface area contributed by atoms with E-state index in [1.54, 1.807) is 0 Å². The van der Waals surface area contributed by atoms with Crippen molar-refractivity contribution in [3.8, 4) is 114 Å². The molecule has 88 heavy (non-hydrogen) atoms. The van der Waals surface area contributed by atoms with Crippen molar-refractivity contribution in [3.05, 3.63) is 265 Å². The van der Waals surface area contributed by atoms with E-state index in [9.17, 15) is 21.0 Å². The van der Waals surface area contributed by atoms with Crippen LogP contribution in [0.5, 0.6) is 0 Å². The molecule has 8 bridgehead atoms. The van der Waals surface area contributed by atoms with Gasteiger partial charge in [0.25, 0.3) is 0 Å². The Balaban J connectivity index is 1.26. The molecule has 12 aromatic carbocycles. The van der Waals surface area contributed by atoms with Crippen LogP contribution in [-0.2, 0) is 0 Å². The van der Waals surface area contributed by atoms with Gasteiger partial charge in [0.05, 0.1) is 91.4 Å². The first-order valence-corrected chi connectivity index (χ1v) is 29.0. The molecule has 8 nitrogen and oxygen atoms in total. The highest BCUT2D eigenvalue weighted by Gasteiger charge is 2.33. The van der Waals surface area contributed by atoms with E-state index >= 15 is 0 Å². The predicted molar refractivity (Wildman–Crippen MR) is 356 cm³/mol. The number of aromatic nitrogens is 4. The molecule has 2 N–H and O–H groups in total. The molecule has 4 heterocycles. The minimum atomic E-state index is 0.446. The Hall–Kier alpha value is -12.7. The number of fused-ring (bicyclic) bond motifs is 4. The van der Waals surface area contributed by atoms with Crippen molar-refractivity contribution >= 4 is 86.7 Å². The zero-order valence-electron chi connectivity index (χ0n) is 46.8. The Morgan fingerprint density at radius 2 is 0.420 bits per heavy atom. The van der Waals surface area contributed by atoms with Gasteiger partial charge in [0.15, 0.2) is 0 Å². The molecule has 2 aliphatic heterocycles. The van der Waals surface area contributed by atoms with E-state index in [1.807, 2.05) is 146 Å². The number of hydrogen-bond acceptors (Lipinski definition) is 6. The average Bonchev–Trinajstić information content (AvgIpc) is 1.60. The summed E-state index contributed by atoms with van der Waals surface area (Å²) in [7, 11) is 0. The summed E-state index contributed by atoms with van der Waals surface area (Å²) >= 11 is 0. The summed E-state index contributed by atoms with van der Waals surface area (Å²) in [5.41, 5.74) is 15.7. The average molecular weight is 1120 g/mol. The number of nitrogens with one attached hydrogen (secondary N) is 2. The molecule has 0 fully saturated rings. The van der Waals surface area contributed by atoms with Crippen molar-refractivity contribution in [3.63, 3.8) is 0 Å². The molecule has 14 aromatic rings. The lowest BCUT2D eigenvalue weighted by atomic mass is 9.89. The van der Waals surface area contributed by atoms with Gasteiger partial charge >= 0.3 is 0 Å². The van der Waals surface area contributed by atoms with E-state index in [1.165, 1.54) is 0 Å². The van der Waals surface area contributed by atoms with Crippen molar-refractivity contribution in [1.82, 2.24) is 19.9 Å². The van der Waals surface area contributed by atoms with Crippen LogP contribution in [0.3, 0.4) is 0 Å². The van der Waals surface area contributed by atoms with Gasteiger partial charge in [0.2, 0.25) is 0 Å². The molecule has 17 rings (SSSR count). The predicted octanol–water partition coefficient (Wildman–Crippen LogP) is 20.1. The smallest absolute Gasteiger partial charge is 0.0998 e. The van der Waals surface area contributed by atoms with E-state index < -0.39 is 0 Å². The van der Waals surface area contributed by atoms with Crippen LogP contribution in [0.25, 0.3) is 176 Å². The minimum absolute atomic E-state index is 0.446. The van der Waals surface area contributed by atoms with Gasteiger partial charge in [-0.2, -0.15) is 21.0 Å². The van der Waals surface area contributed by atoms with Gasteiger partial charge in [-0.05, 0) is 116 Å². The zero-order chi connectivity index (χ0) is 58.7. The summed E-state index contributed by atoms with van der Waals surface area (Å²) in [4.78, 5) is 20.4. The van der Waals surface area contributed by atoms with Gasteiger partial charge in [0, 0.05) is 88.3 Å². The van der Waals surface area contributed by atoms with E-state index in [0.717, 1.165) is 86.9 Å². The van der Waals surface area contributed by atoms with Crippen LogP contribution < -0.4 is 0 Å². The van der Waals surface area contributed by atoms with Gasteiger partial charge in [-0.1, -0.05) is 170 Å². The van der Waals surface area contributed by atoms with Crippen molar-refractivity contribution < 1.29 is 0 Å². The van der Waals surface area contributed by atoms with Crippen LogP contribution >= 0.6 is 0 Å². The highest BCUT2D eigenvalue weighted by Crippen LogP contribution is 2.54. The lowest BCUT2D eigenvalue weighted by Crippen LogP contribution is -1.91. The number of nitriles is 4. The van der Waals surface area contributed by atoms with Crippen molar-refractivity contribution in [2.45, 2.75) is 0 Å². The first-order valence-electron chi connectivity index (χ1n) is 29.0. The molecule has 0 unspecified atom stereocenters. The van der Waals surface area contributed by atoms with E-state index in [4.69, 9.17) is 9.97 Å². The van der Waals surface area contributed by atoms with Crippen LogP contribution in [-0.4, -0.2) is 19.9 Å². The Morgan fingerprint density at radius 1 is 0.227 bits per heavy atom. The quantitative estimate of drug-likeness (QED) is 0.179. The molecule has 8 heteroatoms. The summed E-state index contributed by atoms with van der Waals surface area (Å²) in [5, 5.41) is 56.8. The number of aromatic amines is 2. The fourth-order valence-electron chi connectivity index (χ4n) is 13.8. The topological polar surface area (TPSA) is 153 Å². The molecular formula is C80H42N8. The lowest BCUT2D eigenvalue weighted by molar-refractivity contribution is 1.39. The van der Waals surface area contributed by atoms with Gasteiger partial charge < -0.3 is 9.97 Å². The molecule has 402 valence electrons. The van der Waals surface area contributed by atoms with Crippen molar-refractivity contribution in [1.29, 1.82) is 21.0 Å². The third kappa shape index (κ3) is 7.41. The number of H-pyrrole nitrogens is 2. The molecule has 2 aromatic heterocycles. The second-order valence-electron chi connectivity index (χ2n) is 22.5. The third-order valence-corrected chi connectivity index (χ3v) is 17.8. The monoisotopic (exact) mass is 1110 g/mol. The second kappa shape index (κ2) is 19.4. The highest BCUT2D eigenvalue weighted by molar-refractivity contribution is 6.25. The van der Waals surface area contributed by atoms with Gasteiger partial charge in [-0.3, -0.25) is 0 Å². The standard InChI is InChI=1S/C80H42N8/c81-41-53-25-9-13-29-57(53)69-73-61-33-45-17-1-2-18-46(45)34-62(61)74(85-73)70(58-30-14-10-26-54(58)42-82)76-65-37-49-21-5-6-22-50(49)38-66(65)78(87-76)72(60-32-16-12-28-56(60)44-84)80-68-40-52-24-8-7-23-51(52)39-67(68)79(88-80)71(59-31-15-11-27-55(59)43-83)77-64-36-48-20-4-3-19-47(48)35-63(64)75(69)86-77/h1-40,85,88H. The first-order chi connectivity index (χ1) is 43.5. The minimum Gasteiger partial charge on any atom is -0.353 e. The van der Waals surface area contributed by atoms with E-state index in [0.29, 0.717) is 112 Å². The Bertz CT molecular complexity index is 5290. The second-order valence-corrected chi connectivity index (χ2v) is 22.5. The summed E-state index contributed by atoms with van der Waals surface area (Å²) in [5.74, 6) is 0. The maximum absolute atomic E-state index is 11.3. The van der Waals surface area contributed by atoms with Crippen LogP contribution in [0.4, 0.5) is 0 Å². The SMILES string of the molecule is N#Cc1ccccc1-c1c2nc(c(-c3ccccc3C#N)c3[nH]c(c(-c4ccccc4C#N)c4nc(c(-c5ccccc5C#N)c5[nH]c1c1cc6ccccc6cc51)-c1cc5ccccc5cc1-4)c1cc4ccccc4cc31)-c1cc3ccccc3cc1-2. The number of hydrogen-bond donors (Lipinski definition) is 2. The van der Waals surface area contributed by atoms with Crippen LogP contribution in [0.1, 0.15) is 22.3 Å². The first kappa shape index (κ1) is 49.9. The maximum Gasteiger partial charge on any atom is 0.0998 e. The Morgan fingerprint density at radius 3 is 0.636 bits per heavy atom. The molecule has 3 aliphatic rings. The fourth-order valence-corrected chi connectivity index (χ4v) is 13.8. The van der Waals surface area contributed by atoms with Gasteiger partial charge in [0.1, 0.15) is 0 Å². The van der Waals surface area contributed by atoms with Crippen LogP contribution in [0.2, 0.25) is 0 Å². The molecule has 0 atom stereocenters. The zero-order valence-corrected chi connectivity index (χ0v) is 46.8. The molecule has 1 aliphatic carbocycles. The molecule has 0 spiro atoms. The largest absolute Gasteiger partial charge is 0.353 e.